The molecule has 4 nitrogen and oxygen atoms in total. The second kappa shape index (κ2) is 6.02. The van der Waals surface area contributed by atoms with Crippen molar-refractivity contribution in [1.82, 2.24) is 5.43 Å². The Labute approximate surface area is 112 Å². The molecule has 0 aliphatic rings. The van der Waals surface area contributed by atoms with Gasteiger partial charge in [-0.2, -0.15) is 0 Å². The molecule has 0 unspecified atom stereocenters. The average molecular weight is 256 g/mol. The topological polar surface area (TPSA) is 64.3 Å². The maximum absolute atomic E-state index is 11.8. The maximum atomic E-state index is 11.8. The van der Waals surface area contributed by atoms with Gasteiger partial charge in [-0.15, -0.1) is 0 Å². The smallest absolute Gasteiger partial charge is 0.269 e. The molecule has 0 fully saturated rings. The van der Waals surface area contributed by atoms with Gasteiger partial charge in [0.05, 0.1) is 5.56 Å². The van der Waals surface area contributed by atoms with Gasteiger partial charge in [0, 0.05) is 0 Å². The van der Waals surface area contributed by atoms with Crippen molar-refractivity contribution in [1.29, 1.82) is 0 Å². The molecule has 0 heterocycles. The maximum Gasteiger partial charge on any atom is 0.269 e. The van der Waals surface area contributed by atoms with Gasteiger partial charge in [0.15, 0.2) is 0 Å². The highest BCUT2D eigenvalue weighted by atomic mass is 16.5. The van der Waals surface area contributed by atoms with E-state index in [0.29, 0.717) is 17.9 Å². The van der Waals surface area contributed by atoms with Crippen molar-refractivity contribution in [2.24, 2.45) is 5.84 Å². The van der Waals surface area contributed by atoms with Crippen molar-refractivity contribution >= 4 is 5.91 Å². The Balaban J connectivity index is 2.21. The van der Waals surface area contributed by atoms with E-state index in [0.717, 1.165) is 11.1 Å². The van der Waals surface area contributed by atoms with Crippen LogP contribution in [0.15, 0.2) is 48.5 Å². The van der Waals surface area contributed by atoms with E-state index in [-0.39, 0.29) is 5.91 Å². The van der Waals surface area contributed by atoms with E-state index < -0.39 is 0 Å². The fraction of sp³-hybridized carbons (Fsp3) is 0.133. The third-order valence-electron chi connectivity index (χ3n) is 2.83. The van der Waals surface area contributed by atoms with Crippen LogP contribution >= 0.6 is 0 Å². The molecule has 0 aliphatic carbocycles. The summed E-state index contributed by atoms with van der Waals surface area (Å²) in [5, 5.41) is 0. The molecule has 0 bridgehead atoms. The van der Waals surface area contributed by atoms with Crippen molar-refractivity contribution in [3.05, 3.63) is 65.2 Å². The second-order valence-corrected chi connectivity index (χ2v) is 4.20. The quantitative estimate of drug-likeness (QED) is 0.500. The molecule has 4 heteroatoms. The Hall–Kier alpha value is -2.33. The van der Waals surface area contributed by atoms with Gasteiger partial charge in [0.25, 0.3) is 5.91 Å². The van der Waals surface area contributed by atoms with E-state index in [1.165, 1.54) is 0 Å². The Morgan fingerprint density at radius 1 is 1.16 bits per heavy atom. The molecule has 0 aromatic heterocycles. The lowest BCUT2D eigenvalue weighted by molar-refractivity contribution is 0.0948. The van der Waals surface area contributed by atoms with E-state index in [2.05, 4.69) is 5.43 Å². The molecule has 98 valence electrons. The van der Waals surface area contributed by atoms with E-state index in [9.17, 15) is 4.79 Å². The standard InChI is InChI=1S/C15H16N2O2/c1-11-6-5-9-13(14(11)15(18)17-16)19-10-12-7-3-2-4-8-12/h2-9H,10,16H2,1H3,(H,17,18). The lowest BCUT2D eigenvalue weighted by atomic mass is 10.1. The van der Waals surface area contributed by atoms with Crippen LogP contribution in [0.4, 0.5) is 0 Å². The molecule has 0 atom stereocenters. The molecule has 3 N–H and O–H groups in total. The highest BCUT2D eigenvalue weighted by molar-refractivity contribution is 5.97. The van der Waals surface area contributed by atoms with Crippen LogP contribution in [0, 0.1) is 6.92 Å². The lowest BCUT2D eigenvalue weighted by Crippen LogP contribution is -2.31. The van der Waals surface area contributed by atoms with Crippen molar-refractivity contribution in [2.45, 2.75) is 13.5 Å². The van der Waals surface area contributed by atoms with Crippen molar-refractivity contribution < 1.29 is 9.53 Å². The molecule has 0 radical (unpaired) electrons. The van der Waals surface area contributed by atoms with Gasteiger partial charge in [-0.25, -0.2) is 5.84 Å². The second-order valence-electron chi connectivity index (χ2n) is 4.20. The number of rotatable bonds is 4. The number of nitrogen functional groups attached to an aromatic ring is 1. The van der Waals surface area contributed by atoms with Gasteiger partial charge >= 0.3 is 0 Å². The van der Waals surface area contributed by atoms with Crippen LogP contribution in [0.3, 0.4) is 0 Å². The Kier molecular flexibility index (Phi) is 4.15. The van der Waals surface area contributed by atoms with Gasteiger partial charge in [-0.1, -0.05) is 42.5 Å². The van der Waals surface area contributed by atoms with E-state index in [1.54, 1.807) is 6.07 Å². The van der Waals surface area contributed by atoms with E-state index in [4.69, 9.17) is 10.6 Å². The van der Waals surface area contributed by atoms with Crippen LogP contribution in [0.2, 0.25) is 0 Å². The molecule has 1 amide bonds. The Morgan fingerprint density at radius 2 is 1.89 bits per heavy atom. The van der Waals surface area contributed by atoms with E-state index in [1.807, 2.05) is 49.4 Å². The molecule has 0 saturated heterocycles. The average Bonchev–Trinajstić information content (AvgIpc) is 2.45. The Morgan fingerprint density at radius 3 is 2.58 bits per heavy atom. The van der Waals surface area contributed by atoms with Crippen LogP contribution in [0.25, 0.3) is 0 Å². The molecular weight excluding hydrogens is 240 g/mol. The summed E-state index contributed by atoms with van der Waals surface area (Å²) in [6, 6.07) is 15.2. The summed E-state index contributed by atoms with van der Waals surface area (Å²) in [4.78, 5) is 11.8. The summed E-state index contributed by atoms with van der Waals surface area (Å²) in [6.45, 7) is 2.26. The number of benzene rings is 2. The normalized spacial score (nSPS) is 10.0. The van der Waals surface area contributed by atoms with Crippen LogP contribution < -0.4 is 16.0 Å². The molecular formula is C15H16N2O2. The first-order valence-corrected chi connectivity index (χ1v) is 5.99. The van der Waals surface area contributed by atoms with Crippen LogP contribution in [0.1, 0.15) is 21.5 Å². The molecule has 0 spiro atoms. The number of amides is 1. The summed E-state index contributed by atoms with van der Waals surface area (Å²) in [6.07, 6.45) is 0. The van der Waals surface area contributed by atoms with Crippen molar-refractivity contribution in [3.63, 3.8) is 0 Å². The molecule has 2 rings (SSSR count). The number of hydrogen-bond acceptors (Lipinski definition) is 3. The lowest BCUT2D eigenvalue weighted by Gasteiger charge is -2.12. The van der Waals surface area contributed by atoms with Crippen LogP contribution in [0.5, 0.6) is 5.75 Å². The third kappa shape index (κ3) is 3.11. The molecule has 2 aromatic carbocycles. The molecule has 19 heavy (non-hydrogen) atoms. The number of carbonyl (C=O) groups excluding carboxylic acids is 1. The number of nitrogens with two attached hydrogens (primary N) is 1. The summed E-state index contributed by atoms with van der Waals surface area (Å²) in [7, 11) is 0. The predicted octanol–water partition coefficient (Wildman–Crippen LogP) is 2.18. The molecule has 0 aliphatic heterocycles. The molecule has 2 aromatic rings. The first-order chi connectivity index (χ1) is 9.22. The van der Waals surface area contributed by atoms with Gasteiger partial charge in [-0.05, 0) is 24.1 Å². The third-order valence-corrected chi connectivity index (χ3v) is 2.83. The minimum Gasteiger partial charge on any atom is -0.488 e. The number of ether oxygens (including phenoxy) is 1. The van der Waals surface area contributed by atoms with Gasteiger partial charge in [0.1, 0.15) is 12.4 Å². The molecule has 0 saturated carbocycles. The minimum atomic E-state index is -0.346. The van der Waals surface area contributed by atoms with Gasteiger partial charge in [-0.3, -0.25) is 10.2 Å². The van der Waals surface area contributed by atoms with Crippen molar-refractivity contribution in [2.75, 3.05) is 0 Å². The number of hydrogen-bond donors (Lipinski definition) is 2. The summed E-state index contributed by atoms with van der Waals surface area (Å²) in [5.41, 5.74) is 4.49. The minimum absolute atomic E-state index is 0.346. The number of carbonyl (C=O) groups is 1. The van der Waals surface area contributed by atoms with E-state index >= 15 is 0 Å². The summed E-state index contributed by atoms with van der Waals surface area (Å²) < 4.78 is 5.71. The van der Waals surface area contributed by atoms with Gasteiger partial charge in [0.2, 0.25) is 0 Å². The van der Waals surface area contributed by atoms with Crippen LogP contribution in [-0.4, -0.2) is 5.91 Å². The number of aryl methyl sites for hydroxylation is 1. The predicted molar refractivity (Wildman–Crippen MR) is 73.6 cm³/mol. The highest BCUT2D eigenvalue weighted by Crippen LogP contribution is 2.22. The van der Waals surface area contributed by atoms with Crippen LogP contribution in [-0.2, 0) is 6.61 Å². The zero-order valence-electron chi connectivity index (χ0n) is 10.7. The monoisotopic (exact) mass is 256 g/mol. The summed E-state index contributed by atoms with van der Waals surface area (Å²) in [5.74, 6) is 5.38. The SMILES string of the molecule is Cc1cccc(OCc2ccccc2)c1C(=O)NN. The summed E-state index contributed by atoms with van der Waals surface area (Å²) >= 11 is 0. The highest BCUT2D eigenvalue weighted by Gasteiger charge is 2.14. The fourth-order valence-electron chi connectivity index (χ4n) is 1.86. The first kappa shape index (κ1) is 13.1. The first-order valence-electron chi connectivity index (χ1n) is 5.99. The zero-order valence-corrected chi connectivity index (χ0v) is 10.7. The fourth-order valence-corrected chi connectivity index (χ4v) is 1.86. The Bertz CT molecular complexity index is 568. The zero-order chi connectivity index (χ0) is 13.7. The number of hydrazine groups is 1. The van der Waals surface area contributed by atoms with Crippen molar-refractivity contribution in [3.8, 4) is 5.75 Å². The largest absolute Gasteiger partial charge is 0.488 e. The van der Waals surface area contributed by atoms with Gasteiger partial charge < -0.3 is 4.74 Å². The number of nitrogens with one attached hydrogen (secondary N) is 1.